The van der Waals surface area contributed by atoms with Crippen LogP contribution in [-0.2, 0) is 6.18 Å². The summed E-state index contributed by atoms with van der Waals surface area (Å²) < 4.78 is 74.9. The van der Waals surface area contributed by atoms with Crippen molar-refractivity contribution in [2.24, 2.45) is 0 Å². The lowest BCUT2D eigenvalue weighted by Gasteiger charge is -2.34. The number of anilines is 1. The van der Waals surface area contributed by atoms with E-state index in [1.54, 1.807) is 0 Å². The minimum atomic E-state index is -5.06. The van der Waals surface area contributed by atoms with Crippen LogP contribution in [0.25, 0.3) is 27.4 Å². The number of terminal acetylenes is 1. The molecule has 6 heterocycles. The number of benzene rings is 2. The predicted octanol–water partition coefficient (Wildman–Crippen LogP) is 5.39. The monoisotopic (exact) mass is 682 g/mol. The SMILES string of the molecule is C#Cc1c(F)ccc2cc(O)cc(-n3c(C(F)(F)F)cc4c(N5C[C@H]6CC[C@@H](C5)N6)nc(SC[C@@]56CCCN5C[C@H](F)C6)nc4c3=O)c12. The lowest BCUT2D eigenvalue weighted by atomic mass is 9.96. The van der Waals surface area contributed by atoms with Crippen LogP contribution in [0.3, 0.4) is 0 Å². The molecule has 8 nitrogen and oxygen atoms in total. The Labute approximate surface area is 276 Å². The minimum absolute atomic E-state index is 0.0626. The number of aromatic nitrogens is 3. The number of halogens is 5. The number of thioether (sulfide) groups is 1. The maximum absolute atomic E-state index is 15.0. The average Bonchev–Trinajstić information content (AvgIpc) is 3.69. The van der Waals surface area contributed by atoms with Crippen molar-refractivity contribution >= 4 is 39.3 Å². The molecule has 8 rings (SSSR count). The van der Waals surface area contributed by atoms with Gasteiger partial charge < -0.3 is 15.3 Å². The van der Waals surface area contributed by atoms with Crippen LogP contribution in [0, 0.1) is 18.2 Å². The van der Waals surface area contributed by atoms with Gasteiger partial charge in [0, 0.05) is 54.5 Å². The number of nitrogens with one attached hydrogen (secondary N) is 1. The van der Waals surface area contributed by atoms with Crippen molar-refractivity contribution < 1.29 is 27.1 Å². The predicted molar refractivity (Wildman–Crippen MR) is 173 cm³/mol. The Bertz CT molecular complexity index is 2070. The van der Waals surface area contributed by atoms with E-state index in [0.717, 1.165) is 50.4 Å². The fraction of sp³-hybridized carbons (Fsp3) is 0.441. The zero-order chi connectivity index (χ0) is 33.5. The summed E-state index contributed by atoms with van der Waals surface area (Å²) >= 11 is 1.27. The maximum Gasteiger partial charge on any atom is 0.431 e. The molecule has 250 valence electrons. The van der Waals surface area contributed by atoms with Gasteiger partial charge in [-0.1, -0.05) is 23.7 Å². The smallest absolute Gasteiger partial charge is 0.431 e. The molecule has 48 heavy (non-hydrogen) atoms. The van der Waals surface area contributed by atoms with Crippen LogP contribution in [0.1, 0.15) is 43.4 Å². The lowest BCUT2D eigenvalue weighted by Crippen LogP contribution is -2.51. The van der Waals surface area contributed by atoms with Crippen LogP contribution in [0.4, 0.5) is 27.8 Å². The van der Waals surface area contributed by atoms with Gasteiger partial charge in [0.25, 0.3) is 5.56 Å². The first-order chi connectivity index (χ1) is 22.9. The van der Waals surface area contributed by atoms with Gasteiger partial charge in [-0.25, -0.2) is 18.7 Å². The molecule has 4 aromatic rings. The third kappa shape index (κ3) is 5.09. The van der Waals surface area contributed by atoms with E-state index in [-0.39, 0.29) is 55.8 Å². The van der Waals surface area contributed by atoms with Gasteiger partial charge in [0.15, 0.2) is 5.16 Å². The molecule has 2 aromatic carbocycles. The molecule has 4 aliphatic heterocycles. The Hall–Kier alpha value is -3.93. The van der Waals surface area contributed by atoms with Crippen molar-refractivity contribution in [2.75, 3.05) is 36.8 Å². The molecule has 0 spiro atoms. The highest BCUT2D eigenvalue weighted by Crippen LogP contribution is 2.44. The fourth-order valence-corrected chi connectivity index (χ4v) is 9.39. The normalized spacial score (nSPS) is 25.7. The molecule has 2 aromatic heterocycles. The first kappa shape index (κ1) is 31.3. The van der Waals surface area contributed by atoms with Crippen molar-refractivity contribution in [3.63, 3.8) is 0 Å². The number of fused-ring (bicyclic) bond motifs is 5. The Morgan fingerprint density at radius 1 is 1.12 bits per heavy atom. The van der Waals surface area contributed by atoms with Crippen molar-refractivity contribution in [3.8, 4) is 23.8 Å². The number of alkyl halides is 4. The minimum Gasteiger partial charge on any atom is -0.508 e. The third-order valence-electron chi connectivity index (χ3n) is 10.3. The summed E-state index contributed by atoms with van der Waals surface area (Å²) in [6.45, 7) is 2.12. The van der Waals surface area contributed by atoms with E-state index in [0.29, 0.717) is 36.4 Å². The summed E-state index contributed by atoms with van der Waals surface area (Å²) in [6, 6.07) is 5.64. The zero-order valence-corrected chi connectivity index (χ0v) is 26.5. The van der Waals surface area contributed by atoms with Crippen molar-refractivity contribution in [1.82, 2.24) is 24.8 Å². The number of hydrogen-bond donors (Lipinski definition) is 2. The first-order valence-electron chi connectivity index (χ1n) is 15.9. The van der Waals surface area contributed by atoms with Crippen LogP contribution < -0.4 is 15.8 Å². The highest BCUT2D eigenvalue weighted by Gasteiger charge is 2.48. The zero-order valence-electron chi connectivity index (χ0n) is 25.7. The Balaban J connectivity index is 1.36. The number of piperazine rings is 1. The van der Waals surface area contributed by atoms with Gasteiger partial charge in [0.05, 0.1) is 16.6 Å². The number of rotatable bonds is 5. The van der Waals surface area contributed by atoms with Crippen LogP contribution in [-0.4, -0.2) is 80.3 Å². The topological polar surface area (TPSA) is 86.5 Å². The summed E-state index contributed by atoms with van der Waals surface area (Å²) in [4.78, 5) is 27.9. The molecule has 14 heteroatoms. The number of nitrogens with zero attached hydrogens (tertiary/aromatic N) is 5. The molecule has 0 radical (unpaired) electrons. The molecule has 4 atom stereocenters. The molecule has 2 bridgehead atoms. The molecule has 4 aliphatic rings. The van der Waals surface area contributed by atoms with E-state index >= 15 is 13.2 Å². The summed E-state index contributed by atoms with van der Waals surface area (Å²) in [7, 11) is 0. The first-order valence-corrected chi connectivity index (χ1v) is 16.9. The lowest BCUT2D eigenvalue weighted by molar-refractivity contribution is -0.142. The van der Waals surface area contributed by atoms with Crippen molar-refractivity contribution in [3.05, 3.63) is 57.8 Å². The summed E-state index contributed by atoms with van der Waals surface area (Å²) in [6.07, 6.45) is 3.55. The maximum atomic E-state index is 15.0. The van der Waals surface area contributed by atoms with Crippen molar-refractivity contribution in [1.29, 1.82) is 0 Å². The molecule has 4 saturated heterocycles. The van der Waals surface area contributed by atoms with Gasteiger partial charge in [-0.05, 0) is 62.2 Å². The van der Waals surface area contributed by atoms with Crippen molar-refractivity contribution in [2.45, 2.75) is 67.2 Å². The largest absolute Gasteiger partial charge is 0.508 e. The van der Waals surface area contributed by atoms with E-state index in [4.69, 9.17) is 11.4 Å². The van der Waals surface area contributed by atoms with E-state index in [1.807, 2.05) is 4.90 Å². The van der Waals surface area contributed by atoms with Crippen LogP contribution in [0.2, 0.25) is 0 Å². The second-order valence-corrected chi connectivity index (χ2v) is 14.2. The number of phenols is 1. The van der Waals surface area contributed by atoms with E-state index in [9.17, 15) is 18.7 Å². The van der Waals surface area contributed by atoms with Crippen LogP contribution >= 0.6 is 11.8 Å². The van der Waals surface area contributed by atoms with Gasteiger partial charge in [-0.3, -0.25) is 14.3 Å². The van der Waals surface area contributed by atoms with E-state index in [1.165, 1.54) is 23.9 Å². The molecule has 0 unspecified atom stereocenters. The molecular formula is C34H31F5N6O2S. The van der Waals surface area contributed by atoms with Gasteiger partial charge in [-0.15, -0.1) is 6.42 Å². The number of aromatic hydroxyl groups is 1. The number of hydrogen-bond acceptors (Lipinski definition) is 8. The van der Waals surface area contributed by atoms with E-state index < -0.39 is 40.9 Å². The highest BCUT2D eigenvalue weighted by molar-refractivity contribution is 7.99. The number of pyridine rings is 1. The summed E-state index contributed by atoms with van der Waals surface area (Å²) in [5.41, 5.74) is -3.87. The Kier molecular flexibility index (Phi) is 7.39. The number of phenolic OH excluding ortho intramolecular Hbond substituents is 1. The second-order valence-electron chi connectivity index (χ2n) is 13.3. The third-order valence-corrected chi connectivity index (χ3v) is 11.4. The van der Waals surface area contributed by atoms with E-state index in [2.05, 4.69) is 21.1 Å². The standard InChI is InChI=1S/C34H31F5N6O2S/c1-2-23-25(36)7-4-18-10-22(46)11-26(28(18)23)45-27(34(37,38)39)12-24-29(31(45)47)41-32(42-30(24)43-15-20-5-6-21(16-43)40-20)48-17-33-8-3-9-44(33)14-19(35)13-33/h1,4,7,10-12,19-21,40,46H,3,5-6,8-9,13-17H2/t19-,20-,21+,33+/m1/s1. The molecule has 0 amide bonds. The molecule has 2 N–H and O–H groups in total. The quantitative estimate of drug-likeness (QED) is 0.126. The molecular weight excluding hydrogens is 651 g/mol. The van der Waals surface area contributed by atoms with Gasteiger partial charge in [0.2, 0.25) is 0 Å². The molecule has 0 aliphatic carbocycles. The van der Waals surface area contributed by atoms with Crippen LogP contribution in [0.15, 0.2) is 40.3 Å². The second kappa shape index (κ2) is 11.3. The molecule has 0 saturated carbocycles. The average molecular weight is 683 g/mol. The summed E-state index contributed by atoms with van der Waals surface area (Å²) in [5, 5.41) is 14.2. The molecule has 4 fully saturated rings. The van der Waals surface area contributed by atoms with Gasteiger partial charge in [-0.2, -0.15) is 13.2 Å². The van der Waals surface area contributed by atoms with Gasteiger partial charge in [0.1, 0.15) is 34.8 Å². The Morgan fingerprint density at radius 3 is 2.62 bits per heavy atom. The Morgan fingerprint density at radius 2 is 1.90 bits per heavy atom. The highest BCUT2D eigenvalue weighted by atomic mass is 32.2. The summed E-state index contributed by atoms with van der Waals surface area (Å²) in [5.74, 6) is 1.58. The van der Waals surface area contributed by atoms with Gasteiger partial charge >= 0.3 is 6.18 Å². The van der Waals surface area contributed by atoms with Crippen LogP contribution in [0.5, 0.6) is 5.75 Å². The fourth-order valence-electron chi connectivity index (χ4n) is 8.24.